The van der Waals surface area contributed by atoms with Crippen molar-refractivity contribution < 1.29 is 5.11 Å². The molecule has 0 saturated heterocycles. The summed E-state index contributed by atoms with van der Waals surface area (Å²) in [6, 6.07) is 6.78. The van der Waals surface area contributed by atoms with E-state index >= 15 is 0 Å². The van der Waals surface area contributed by atoms with Gasteiger partial charge in [0, 0.05) is 25.4 Å². The van der Waals surface area contributed by atoms with Crippen LogP contribution in [0.3, 0.4) is 0 Å². The van der Waals surface area contributed by atoms with Crippen molar-refractivity contribution in [1.82, 2.24) is 14.3 Å². The van der Waals surface area contributed by atoms with Crippen LogP contribution in [0, 0.1) is 12.8 Å². The molecule has 0 bridgehead atoms. The Morgan fingerprint density at radius 3 is 2.76 bits per heavy atom. The highest BCUT2D eigenvalue weighted by Crippen LogP contribution is 2.27. The first-order valence-electron chi connectivity index (χ1n) is 7.92. The molecule has 0 amide bonds. The fourth-order valence-corrected chi connectivity index (χ4v) is 3.49. The largest absolute Gasteiger partial charge is 0.396 e. The molecule has 1 saturated carbocycles. The van der Waals surface area contributed by atoms with Gasteiger partial charge in [0.05, 0.1) is 11.4 Å². The van der Waals surface area contributed by atoms with Crippen molar-refractivity contribution >= 4 is 5.65 Å². The van der Waals surface area contributed by atoms with Crippen molar-refractivity contribution in [2.45, 2.75) is 45.2 Å². The van der Waals surface area contributed by atoms with Crippen LogP contribution in [0.4, 0.5) is 0 Å². The Labute approximate surface area is 126 Å². The zero-order chi connectivity index (χ0) is 14.8. The monoisotopic (exact) mass is 287 g/mol. The summed E-state index contributed by atoms with van der Waals surface area (Å²) in [7, 11) is 2.21. The van der Waals surface area contributed by atoms with Crippen LogP contribution in [0.25, 0.3) is 5.65 Å². The molecule has 0 aliphatic heterocycles. The van der Waals surface area contributed by atoms with Crippen molar-refractivity contribution in [2.75, 3.05) is 13.7 Å². The summed E-state index contributed by atoms with van der Waals surface area (Å²) in [5.74, 6) is 0.521. The molecular formula is C17H25N3O. The maximum absolute atomic E-state index is 9.25. The maximum atomic E-state index is 9.25. The minimum atomic E-state index is 0.350. The lowest BCUT2D eigenvalue weighted by molar-refractivity contribution is 0.123. The van der Waals surface area contributed by atoms with Crippen LogP contribution in [0.5, 0.6) is 0 Å². The molecule has 0 atom stereocenters. The van der Waals surface area contributed by atoms with Crippen molar-refractivity contribution in [3.8, 4) is 0 Å². The molecule has 2 heterocycles. The molecule has 21 heavy (non-hydrogen) atoms. The lowest BCUT2D eigenvalue weighted by atomic mass is 9.86. The highest BCUT2D eigenvalue weighted by molar-refractivity contribution is 5.42. The molecule has 4 nitrogen and oxygen atoms in total. The smallest absolute Gasteiger partial charge is 0.137 e. The number of nitrogens with zero attached hydrogens (tertiary/aromatic N) is 3. The van der Waals surface area contributed by atoms with E-state index in [0.29, 0.717) is 18.6 Å². The number of aliphatic hydroxyl groups excluding tert-OH is 1. The van der Waals surface area contributed by atoms with Gasteiger partial charge in [0.1, 0.15) is 5.65 Å². The van der Waals surface area contributed by atoms with E-state index in [4.69, 9.17) is 0 Å². The van der Waals surface area contributed by atoms with Gasteiger partial charge in [-0.1, -0.05) is 6.07 Å². The Morgan fingerprint density at radius 2 is 2.05 bits per heavy atom. The molecule has 0 aromatic carbocycles. The molecule has 0 spiro atoms. The first-order valence-corrected chi connectivity index (χ1v) is 7.92. The van der Waals surface area contributed by atoms with Gasteiger partial charge in [-0.3, -0.25) is 4.90 Å². The van der Waals surface area contributed by atoms with Crippen LogP contribution < -0.4 is 0 Å². The molecule has 3 rings (SSSR count). The van der Waals surface area contributed by atoms with Gasteiger partial charge in [-0.25, -0.2) is 4.98 Å². The van der Waals surface area contributed by atoms with Gasteiger partial charge < -0.3 is 9.51 Å². The summed E-state index contributed by atoms with van der Waals surface area (Å²) < 4.78 is 2.20. The van der Waals surface area contributed by atoms with Gasteiger partial charge in [0.25, 0.3) is 0 Å². The third-order valence-electron chi connectivity index (χ3n) is 4.93. The minimum absolute atomic E-state index is 0.350. The minimum Gasteiger partial charge on any atom is -0.396 e. The predicted octanol–water partition coefficient (Wildman–Crippen LogP) is 2.63. The lowest BCUT2D eigenvalue weighted by Gasteiger charge is -2.34. The normalized spacial score (nSPS) is 23.0. The molecular weight excluding hydrogens is 262 g/mol. The number of hydrogen-bond donors (Lipinski definition) is 1. The molecule has 0 unspecified atom stereocenters. The highest BCUT2D eigenvalue weighted by Gasteiger charge is 2.24. The Balaban J connectivity index is 1.72. The highest BCUT2D eigenvalue weighted by atomic mass is 16.3. The van der Waals surface area contributed by atoms with Crippen molar-refractivity contribution in [3.63, 3.8) is 0 Å². The van der Waals surface area contributed by atoms with E-state index in [9.17, 15) is 5.11 Å². The Bertz CT molecular complexity index is 599. The number of imidazole rings is 1. The lowest BCUT2D eigenvalue weighted by Crippen LogP contribution is -2.35. The second-order valence-corrected chi connectivity index (χ2v) is 6.34. The molecule has 1 aliphatic carbocycles. The Kier molecular flexibility index (Phi) is 4.27. The number of hydrogen-bond acceptors (Lipinski definition) is 3. The average molecular weight is 287 g/mol. The van der Waals surface area contributed by atoms with Gasteiger partial charge in [0.2, 0.25) is 0 Å². The van der Waals surface area contributed by atoms with Gasteiger partial charge in [-0.2, -0.15) is 0 Å². The first-order chi connectivity index (χ1) is 10.2. The summed E-state index contributed by atoms with van der Waals surface area (Å²) in [6.45, 7) is 3.38. The maximum Gasteiger partial charge on any atom is 0.137 e. The fraction of sp³-hybridized carbons (Fsp3) is 0.588. The van der Waals surface area contributed by atoms with E-state index in [1.165, 1.54) is 18.5 Å². The number of pyridine rings is 1. The zero-order valence-electron chi connectivity index (χ0n) is 13.0. The molecule has 1 fully saturated rings. The van der Waals surface area contributed by atoms with Crippen LogP contribution in [0.1, 0.15) is 37.1 Å². The predicted molar refractivity (Wildman–Crippen MR) is 84.2 cm³/mol. The molecule has 1 N–H and O–H groups in total. The zero-order valence-corrected chi connectivity index (χ0v) is 13.0. The third kappa shape index (κ3) is 2.97. The van der Waals surface area contributed by atoms with E-state index in [1.807, 2.05) is 6.07 Å². The quantitative estimate of drug-likeness (QED) is 0.940. The summed E-state index contributed by atoms with van der Waals surface area (Å²) in [5, 5.41) is 9.25. The molecule has 1 aliphatic rings. The van der Waals surface area contributed by atoms with Gasteiger partial charge in [0.15, 0.2) is 0 Å². The van der Waals surface area contributed by atoms with Crippen molar-refractivity contribution in [1.29, 1.82) is 0 Å². The van der Waals surface area contributed by atoms with Gasteiger partial charge in [-0.05, 0) is 57.7 Å². The number of aryl methyl sites for hydroxylation is 1. The summed E-state index contributed by atoms with van der Waals surface area (Å²) in [4.78, 5) is 7.10. The number of fused-ring (bicyclic) bond motifs is 1. The van der Waals surface area contributed by atoms with Crippen LogP contribution >= 0.6 is 0 Å². The van der Waals surface area contributed by atoms with Crippen molar-refractivity contribution in [3.05, 3.63) is 35.8 Å². The van der Waals surface area contributed by atoms with Crippen LogP contribution in [-0.2, 0) is 6.54 Å². The number of aromatic nitrogens is 2. The van der Waals surface area contributed by atoms with Crippen molar-refractivity contribution in [2.24, 2.45) is 5.92 Å². The average Bonchev–Trinajstić information content (AvgIpc) is 2.83. The summed E-state index contributed by atoms with van der Waals surface area (Å²) in [6.07, 6.45) is 6.78. The second kappa shape index (κ2) is 6.16. The number of aliphatic hydroxyl groups is 1. The SMILES string of the molecule is Cc1nc2ccccn2c1CN(C)C1CCC(CO)CC1. The van der Waals surface area contributed by atoms with E-state index in [2.05, 4.69) is 46.6 Å². The van der Waals surface area contributed by atoms with E-state index in [0.717, 1.165) is 30.7 Å². The van der Waals surface area contributed by atoms with Gasteiger partial charge in [-0.15, -0.1) is 0 Å². The molecule has 0 radical (unpaired) electrons. The molecule has 2 aromatic heterocycles. The van der Waals surface area contributed by atoms with E-state index < -0.39 is 0 Å². The third-order valence-corrected chi connectivity index (χ3v) is 4.93. The number of rotatable bonds is 4. The van der Waals surface area contributed by atoms with E-state index in [-0.39, 0.29) is 0 Å². The fourth-order valence-electron chi connectivity index (χ4n) is 3.49. The summed E-state index contributed by atoms with van der Waals surface area (Å²) in [5.41, 5.74) is 3.44. The van der Waals surface area contributed by atoms with E-state index in [1.54, 1.807) is 0 Å². The topological polar surface area (TPSA) is 40.8 Å². The molecule has 114 valence electrons. The Hall–Kier alpha value is -1.39. The second-order valence-electron chi connectivity index (χ2n) is 6.34. The standard InChI is InChI=1S/C17H25N3O/c1-13-16(20-10-4-3-5-17(20)18-13)11-19(2)15-8-6-14(12-21)7-9-15/h3-5,10,14-15,21H,6-9,11-12H2,1-2H3. The Morgan fingerprint density at radius 1 is 1.29 bits per heavy atom. The van der Waals surface area contributed by atoms with Gasteiger partial charge >= 0.3 is 0 Å². The summed E-state index contributed by atoms with van der Waals surface area (Å²) >= 11 is 0. The van der Waals surface area contributed by atoms with Crippen LogP contribution in [0.15, 0.2) is 24.4 Å². The molecule has 2 aromatic rings. The molecule has 4 heteroatoms. The first kappa shape index (κ1) is 14.5. The van der Waals surface area contributed by atoms with Crippen LogP contribution in [-0.4, -0.2) is 39.1 Å². The van der Waals surface area contributed by atoms with Crippen LogP contribution in [0.2, 0.25) is 0 Å².